The van der Waals surface area contributed by atoms with Gasteiger partial charge in [-0.1, -0.05) is 12.1 Å². The van der Waals surface area contributed by atoms with E-state index in [1.165, 1.54) is 6.07 Å². The van der Waals surface area contributed by atoms with Crippen molar-refractivity contribution >= 4 is 5.91 Å². The van der Waals surface area contributed by atoms with Crippen molar-refractivity contribution in [2.45, 2.75) is 38.7 Å². The molecule has 1 amide bonds. The van der Waals surface area contributed by atoms with Gasteiger partial charge in [0.05, 0.1) is 24.9 Å². The van der Waals surface area contributed by atoms with Crippen LogP contribution in [0, 0.1) is 5.92 Å². The van der Waals surface area contributed by atoms with Crippen molar-refractivity contribution in [1.29, 1.82) is 0 Å². The first kappa shape index (κ1) is 19.3. The summed E-state index contributed by atoms with van der Waals surface area (Å²) in [6.45, 7) is 0.839. The highest BCUT2D eigenvalue weighted by Crippen LogP contribution is 2.32. The molecule has 0 saturated heterocycles. The summed E-state index contributed by atoms with van der Waals surface area (Å²) in [6, 6.07) is 8.81. The maximum Gasteiger partial charge on any atom is 0.416 e. The predicted octanol–water partition coefficient (Wildman–Crippen LogP) is 4.48. The number of hydrogen-bond donors (Lipinski definition) is 0. The monoisotopic (exact) mass is 403 g/mol. The zero-order chi connectivity index (χ0) is 20.4. The zero-order valence-electron chi connectivity index (χ0n) is 15.6. The van der Waals surface area contributed by atoms with Crippen molar-refractivity contribution in [3.05, 3.63) is 77.8 Å². The number of aromatic nitrogens is 2. The Labute approximate surface area is 165 Å². The second kappa shape index (κ2) is 7.77. The second-order valence-electron chi connectivity index (χ2n) is 7.22. The first-order valence-corrected chi connectivity index (χ1v) is 9.37. The minimum atomic E-state index is -4.38. The number of hydrogen-bond acceptors (Lipinski definition) is 3. The fraction of sp³-hybridized carbons (Fsp3) is 0.333. The number of halogens is 3. The standard InChI is InChI=1S/C21H20F3N3O2/c22-21(23,24)17-4-1-3-15(11-17)12-26-9-8-25-19(26)14-27(20(28)16-6-7-16)13-18-5-2-10-29-18/h1-5,8-11,16H,6-7,12-14H2. The summed E-state index contributed by atoms with van der Waals surface area (Å²) in [7, 11) is 0. The molecule has 0 bridgehead atoms. The van der Waals surface area contributed by atoms with Gasteiger partial charge < -0.3 is 13.9 Å². The molecule has 1 saturated carbocycles. The van der Waals surface area contributed by atoms with Gasteiger partial charge >= 0.3 is 6.18 Å². The van der Waals surface area contributed by atoms with Crippen LogP contribution in [0.3, 0.4) is 0 Å². The number of amides is 1. The molecule has 0 spiro atoms. The molecular formula is C21H20F3N3O2. The molecule has 0 aliphatic heterocycles. The molecule has 2 heterocycles. The summed E-state index contributed by atoms with van der Waals surface area (Å²) in [4.78, 5) is 18.7. The maximum absolute atomic E-state index is 13.0. The van der Waals surface area contributed by atoms with Crippen molar-refractivity contribution in [2.75, 3.05) is 0 Å². The highest BCUT2D eigenvalue weighted by molar-refractivity contribution is 5.80. The highest BCUT2D eigenvalue weighted by Gasteiger charge is 2.34. The molecule has 1 aliphatic carbocycles. The summed E-state index contributed by atoms with van der Waals surface area (Å²) in [5, 5.41) is 0. The maximum atomic E-state index is 13.0. The number of benzene rings is 1. The Balaban J connectivity index is 1.52. The third-order valence-corrected chi connectivity index (χ3v) is 4.91. The molecule has 0 N–H and O–H groups in total. The topological polar surface area (TPSA) is 51.3 Å². The normalized spacial score (nSPS) is 14.2. The molecule has 29 heavy (non-hydrogen) atoms. The number of nitrogens with zero attached hydrogens (tertiary/aromatic N) is 3. The molecule has 152 valence electrons. The van der Waals surface area contributed by atoms with Gasteiger partial charge in [0.15, 0.2) is 0 Å². The number of furan rings is 1. The van der Waals surface area contributed by atoms with Gasteiger partial charge in [-0.2, -0.15) is 13.2 Å². The van der Waals surface area contributed by atoms with Crippen LogP contribution in [0.5, 0.6) is 0 Å². The van der Waals surface area contributed by atoms with E-state index in [0.29, 0.717) is 23.7 Å². The van der Waals surface area contributed by atoms with Crippen molar-refractivity contribution in [3.63, 3.8) is 0 Å². The SMILES string of the molecule is O=C(C1CC1)N(Cc1ccco1)Cc1nccn1Cc1cccc(C(F)(F)F)c1. The van der Waals surface area contributed by atoms with E-state index in [1.54, 1.807) is 40.3 Å². The van der Waals surface area contributed by atoms with Gasteiger partial charge in [-0.15, -0.1) is 0 Å². The molecule has 0 radical (unpaired) electrons. The Morgan fingerprint density at radius 2 is 2.03 bits per heavy atom. The molecule has 4 rings (SSSR count). The lowest BCUT2D eigenvalue weighted by Gasteiger charge is -2.22. The van der Waals surface area contributed by atoms with Gasteiger partial charge in [-0.3, -0.25) is 4.79 Å². The summed E-state index contributed by atoms with van der Waals surface area (Å²) in [5.41, 5.74) is -0.162. The van der Waals surface area contributed by atoms with Crippen molar-refractivity contribution in [3.8, 4) is 0 Å². The van der Waals surface area contributed by atoms with E-state index in [2.05, 4.69) is 4.98 Å². The Morgan fingerprint density at radius 3 is 2.72 bits per heavy atom. The van der Waals surface area contributed by atoms with Crippen molar-refractivity contribution < 1.29 is 22.4 Å². The number of rotatable bonds is 7. The first-order valence-electron chi connectivity index (χ1n) is 9.37. The van der Waals surface area contributed by atoms with E-state index in [0.717, 1.165) is 25.0 Å². The third kappa shape index (κ3) is 4.70. The second-order valence-corrected chi connectivity index (χ2v) is 7.22. The molecule has 1 fully saturated rings. The minimum Gasteiger partial charge on any atom is -0.467 e. The molecule has 3 aromatic rings. The molecule has 5 nitrogen and oxygen atoms in total. The highest BCUT2D eigenvalue weighted by atomic mass is 19.4. The lowest BCUT2D eigenvalue weighted by atomic mass is 10.1. The molecule has 2 aromatic heterocycles. The van der Waals surface area contributed by atoms with Crippen LogP contribution in [0.25, 0.3) is 0 Å². The smallest absolute Gasteiger partial charge is 0.416 e. The van der Waals surface area contributed by atoms with Crippen molar-refractivity contribution in [2.24, 2.45) is 5.92 Å². The average Bonchev–Trinajstić information content (AvgIpc) is 3.24. The van der Waals surface area contributed by atoms with E-state index < -0.39 is 11.7 Å². The van der Waals surface area contributed by atoms with Crippen LogP contribution < -0.4 is 0 Å². The van der Waals surface area contributed by atoms with E-state index in [4.69, 9.17) is 4.42 Å². The lowest BCUT2D eigenvalue weighted by molar-refractivity contribution is -0.137. The zero-order valence-corrected chi connectivity index (χ0v) is 15.6. The summed E-state index contributed by atoms with van der Waals surface area (Å²) in [6.07, 6.45) is 2.24. The van der Waals surface area contributed by atoms with E-state index >= 15 is 0 Å². The molecule has 8 heteroatoms. The van der Waals surface area contributed by atoms with Crippen LogP contribution in [0.2, 0.25) is 0 Å². The van der Waals surface area contributed by atoms with Gasteiger partial charge in [0.25, 0.3) is 0 Å². The minimum absolute atomic E-state index is 0.0387. The quantitative estimate of drug-likeness (QED) is 0.584. The fourth-order valence-electron chi connectivity index (χ4n) is 3.24. The lowest BCUT2D eigenvalue weighted by Crippen LogP contribution is -2.32. The summed E-state index contributed by atoms with van der Waals surface area (Å²) >= 11 is 0. The molecule has 1 aromatic carbocycles. The number of alkyl halides is 3. The van der Waals surface area contributed by atoms with Gasteiger partial charge in [0.1, 0.15) is 11.6 Å². The Morgan fingerprint density at radius 1 is 1.21 bits per heavy atom. The van der Waals surface area contributed by atoms with Crippen LogP contribution in [-0.2, 0) is 30.6 Å². The Bertz CT molecular complexity index is 975. The summed E-state index contributed by atoms with van der Waals surface area (Å²) < 4.78 is 46.1. The van der Waals surface area contributed by atoms with Gasteiger partial charge in [-0.05, 0) is 42.7 Å². The largest absolute Gasteiger partial charge is 0.467 e. The van der Waals surface area contributed by atoms with E-state index in [1.807, 2.05) is 6.07 Å². The third-order valence-electron chi connectivity index (χ3n) is 4.91. The van der Waals surface area contributed by atoms with E-state index in [-0.39, 0.29) is 24.9 Å². The number of imidazole rings is 1. The number of carbonyl (C=O) groups excluding carboxylic acids is 1. The van der Waals surface area contributed by atoms with Crippen LogP contribution in [0.15, 0.2) is 59.5 Å². The van der Waals surface area contributed by atoms with Crippen LogP contribution in [-0.4, -0.2) is 20.4 Å². The first-order chi connectivity index (χ1) is 13.9. The van der Waals surface area contributed by atoms with Gasteiger partial charge in [0.2, 0.25) is 5.91 Å². The predicted molar refractivity (Wildman–Crippen MR) is 98.5 cm³/mol. The van der Waals surface area contributed by atoms with Gasteiger partial charge in [0, 0.05) is 24.9 Å². The van der Waals surface area contributed by atoms with Crippen LogP contribution >= 0.6 is 0 Å². The molecule has 0 atom stereocenters. The Kier molecular flexibility index (Phi) is 5.17. The number of carbonyl (C=O) groups is 1. The fourth-order valence-corrected chi connectivity index (χ4v) is 3.24. The molecule has 1 aliphatic rings. The van der Waals surface area contributed by atoms with Crippen LogP contribution in [0.4, 0.5) is 13.2 Å². The average molecular weight is 403 g/mol. The van der Waals surface area contributed by atoms with Crippen LogP contribution in [0.1, 0.15) is 35.6 Å². The van der Waals surface area contributed by atoms with Crippen molar-refractivity contribution in [1.82, 2.24) is 14.5 Å². The molecule has 0 unspecified atom stereocenters. The van der Waals surface area contributed by atoms with Gasteiger partial charge in [-0.25, -0.2) is 4.98 Å². The van der Waals surface area contributed by atoms with E-state index in [9.17, 15) is 18.0 Å². The molecular weight excluding hydrogens is 383 g/mol. The Hall–Kier alpha value is -3.03. The summed E-state index contributed by atoms with van der Waals surface area (Å²) in [5.74, 6) is 1.38.